The molecular weight excluding hydrogens is 234 g/mol. The molecule has 0 saturated heterocycles. The minimum atomic E-state index is 0.685. The van der Waals surface area contributed by atoms with Crippen LogP contribution in [0.2, 0.25) is 0 Å². The van der Waals surface area contributed by atoms with Gasteiger partial charge in [-0.05, 0) is 17.5 Å². The van der Waals surface area contributed by atoms with Crippen molar-refractivity contribution in [2.24, 2.45) is 5.16 Å². The highest BCUT2D eigenvalue weighted by molar-refractivity contribution is 6.24. The zero-order chi connectivity index (χ0) is 13.1. The van der Waals surface area contributed by atoms with Gasteiger partial charge in [0.1, 0.15) is 12.3 Å². The first-order valence-corrected chi connectivity index (χ1v) is 6.81. The van der Waals surface area contributed by atoms with E-state index in [1.165, 1.54) is 22.3 Å². The quantitative estimate of drug-likeness (QED) is 0.502. The summed E-state index contributed by atoms with van der Waals surface area (Å²) in [6, 6.07) is 16.7. The van der Waals surface area contributed by atoms with Crippen LogP contribution in [0.4, 0.5) is 0 Å². The van der Waals surface area contributed by atoms with Crippen LogP contribution < -0.4 is 0 Å². The number of oxime groups is 1. The standard InChI is InChI=1S/C17H17NO/c1-2-3-12-19-18-17-15-10-6-4-8-13(15)14-9-5-7-11-16(14)17/h4-11H,2-3,12H2,1H3. The van der Waals surface area contributed by atoms with Gasteiger partial charge in [-0.25, -0.2) is 0 Å². The van der Waals surface area contributed by atoms with E-state index in [-0.39, 0.29) is 0 Å². The Kier molecular flexibility index (Phi) is 3.32. The van der Waals surface area contributed by atoms with Crippen LogP contribution in [-0.4, -0.2) is 12.3 Å². The zero-order valence-electron chi connectivity index (χ0n) is 11.1. The second kappa shape index (κ2) is 5.27. The first kappa shape index (κ1) is 12.0. The Hall–Kier alpha value is -2.09. The lowest BCUT2D eigenvalue weighted by molar-refractivity contribution is 0.141. The average Bonchev–Trinajstić information content (AvgIpc) is 2.78. The third kappa shape index (κ3) is 2.14. The van der Waals surface area contributed by atoms with Gasteiger partial charge in [0.05, 0.1) is 0 Å². The Balaban J connectivity index is 2.00. The molecule has 0 atom stereocenters. The van der Waals surface area contributed by atoms with Crippen LogP contribution in [0.1, 0.15) is 30.9 Å². The molecule has 2 nitrogen and oxygen atoms in total. The highest BCUT2D eigenvalue weighted by Crippen LogP contribution is 2.36. The average molecular weight is 251 g/mol. The van der Waals surface area contributed by atoms with Crippen molar-refractivity contribution in [2.75, 3.05) is 6.61 Å². The fraction of sp³-hybridized carbons (Fsp3) is 0.235. The third-order valence-corrected chi connectivity index (χ3v) is 3.40. The summed E-state index contributed by atoms with van der Waals surface area (Å²) in [4.78, 5) is 5.46. The van der Waals surface area contributed by atoms with Crippen molar-refractivity contribution in [3.63, 3.8) is 0 Å². The Morgan fingerprint density at radius 2 is 1.37 bits per heavy atom. The maximum absolute atomic E-state index is 5.46. The summed E-state index contributed by atoms with van der Waals surface area (Å²) in [6.45, 7) is 2.83. The maximum atomic E-state index is 5.46. The Morgan fingerprint density at radius 1 is 0.842 bits per heavy atom. The molecule has 2 aromatic carbocycles. The smallest absolute Gasteiger partial charge is 0.118 e. The van der Waals surface area contributed by atoms with Gasteiger partial charge in [-0.3, -0.25) is 0 Å². The third-order valence-electron chi connectivity index (χ3n) is 3.40. The molecule has 1 aliphatic carbocycles. The van der Waals surface area contributed by atoms with Crippen molar-refractivity contribution >= 4 is 5.71 Å². The first-order valence-electron chi connectivity index (χ1n) is 6.81. The number of benzene rings is 2. The molecule has 1 aliphatic rings. The molecule has 0 spiro atoms. The highest BCUT2D eigenvalue weighted by atomic mass is 16.6. The van der Waals surface area contributed by atoms with Crippen molar-refractivity contribution < 1.29 is 4.84 Å². The van der Waals surface area contributed by atoms with E-state index >= 15 is 0 Å². The van der Waals surface area contributed by atoms with E-state index in [0.717, 1.165) is 18.6 Å². The molecule has 0 N–H and O–H groups in total. The van der Waals surface area contributed by atoms with Crippen LogP contribution >= 0.6 is 0 Å². The summed E-state index contributed by atoms with van der Waals surface area (Å²) in [5.41, 5.74) is 5.79. The summed E-state index contributed by atoms with van der Waals surface area (Å²) < 4.78 is 0. The lowest BCUT2D eigenvalue weighted by Crippen LogP contribution is -2.00. The SMILES string of the molecule is CCCCON=C1c2ccccc2-c2ccccc21. The van der Waals surface area contributed by atoms with E-state index in [2.05, 4.69) is 48.5 Å². The van der Waals surface area contributed by atoms with Crippen LogP contribution in [0.3, 0.4) is 0 Å². The van der Waals surface area contributed by atoms with Crippen molar-refractivity contribution in [1.29, 1.82) is 0 Å². The number of hydrogen-bond acceptors (Lipinski definition) is 2. The summed E-state index contributed by atoms with van der Waals surface area (Å²) >= 11 is 0. The number of fused-ring (bicyclic) bond motifs is 3. The molecule has 0 aromatic heterocycles. The maximum Gasteiger partial charge on any atom is 0.118 e. The molecule has 0 radical (unpaired) electrons. The second-order valence-corrected chi connectivity index (χ2v) is 4.72. The van der Waals surface area contributed by atoms with Gasteiger partial charge >= 0.3 is 0 Å². The van der Waals surface area contributed by atoms with Gasteiger partial charge in [0.15, 0.2) is 0 Å². The van der Waals surface area contributed by atoms with Crippen molar-refractivity contribution in [1.82, 2.24) is 0 Å². The summed E-state index contributed by atoms with van der Waals surface area (Å²) in [5.74, 6) is 0. The molecule has 0 amide bonds. The molecule has 0 fully saturated rings. The number of unbranched alkanes of at least 4 members (excludes halogenated alkanes) is 1. The van der Waals surface area contributed by atoms with Crippen LogP contribution in [0, 0.1) is 0 Å². The fourth-order valence-corrected chi connectivity index (χ4v) is 2.41. The topological polar surface area (TPSA) is 21.6 Å². The van der Waals surface area contributed by atoms with Gasteiger partial charge in [0.2, 0.25) is 0 Å². The molecule has 0 heterocycles. The van der Waals surface area contributed by atoms with Crippen LogP contribution in [0.15, 0.2) is 53.7 Å². The van der Waals surface area contributed by atoms with Gasteiger partial charge < -0.3 is 4.84 Å². The molecule has 2 heteroatoms. The van der Waals surface area contributed by atoms with E-state index < -0.39 is 0 Å². The van der Waals surface area contributed by atoms with E-state index in [1.54, 1.807) is 0 Å². The van der Waals surface area contributed by atoms with Crippen molar-refractivity contribution in [3.8, 4) is 11.1 Å². The fourth-order valence-electron chi connectivity index (χ4n) is 2.41. The Bertz CT molecular complexity index is 569. The van der Waals surface area contributed by atoms with E-state index in [4.69, 9.17) is 4.84 Å². The lowest BCUT2D eigenvalue weighted by Gasteiger charge is -2.02. The summed E-state index contributed by atoms with van der Waals surface area (Å²) in [7, 11) is 0. The largest absolute Gasteiger partial charge is 0.395 e. The van der Waals surface area contributed by atoms with E-state index in [9.17, 15) is 0 Å². The first-order chi connectivity index (χ1) is 9.42. The predicted octanol–water partition coefficient (Wildman–Crippen LogP) is 4.24. The Morgan fingerprint density at radius 3 is 1.89 bits per heavy atom. The number of hydrogen-bond donors (Lipinski definition) is 0. The summed E-state index contributed by atoms with van der Waals surface area (Å²) in [6.07, 6.45) is 2.16. The molecule has 0 aliphatic heterocycles. The van der Waals surface area contributed by atoms with Crippen LogP contribution in [0.5, 0.6) is 0 Å². The van der Waals surface area contributed by atoms with Crippen molar-refractivity contribution in [3.05, 3.63) is 59.7 Å². The van der Waals surface area contributed by atoms with E-state index in [0.29, 0.717) is 6.61 Å². The summed E-state index contributed by atoms with van der Waals surface area (Å²) in [5, 5.41) is 4.36. The number of nitrogens with zero attached hydrogens (tertiary/aromatic N) is 1. The number of rotatable bonds is 4. The van der Waals surface area contributed by atoms with E-state index in [1.807, 2.05) is 12.1 Å². The second-order valence-electron chi connectivity index (χ2n) is 4.72. The Labute approximate surface area is 113 Å². The highest BCUT2D eigenvalue weighted by Gasteiger charge is 2.24. The minimum Gasteiger partial charge on any atom is -0.395 e. The van der Waals surface area contributed by atoms with Gasteiger partial charge in [-0.15, -0.1) is 0 Å². The molecule has 2 aromatic rings. The molecule has 19 heavy (non-hydrogen) atoms. The van der Waals surface area contributed by atoms with Gasteiger partial charge in [-0.1, -0.05) is 67.0 Å². The zero-order valence-corrected chi connectivity index (χ0v) is 11.1. The minimum absolute atomic E-state index is 0.685. The van der Waals surface area contributed by atoms with Crippen molar-refractivity contribution in [2.45, 2.75) is 19.8 Å². The van der Waals surface area contributed by atoms with Crippen LogP contribution in [-0.2, 0) is 4.84 Å². The van der Waals surface area contributed by atoms with Gasteiger partial charge in [0, 0.05) is 11.1 Å². The molecule has 0 saturated carbocycles. The van der Waals surface area contributed by atoms with Crippen LogP contribution in [0.25, 0.3) is 11.1 Å². The van der Waals surface area contributed by atoms with Gasteiger partial charge in [-0.2, -0.15) is 0 Å². The molecule has 0 unspecified atom stereocenters. The molecular formula is C17H17NO. The monoisotopic (exact) mass is 251 g/mol. The lowest BCUT2D eigenvalue weighted by atomic mass is 10.1. The van der Waals surface area contributed by atoms with Gasteiger partial charge in [0.25, 0.3) is 0 Å². The molecule has 96 valence electrons. The molecule has 3 rings (SSSR count). The predicted molar refractivity (Wildman–Crippen MR) is 78.4 cm³/mol. The molecule has 0 bridgehead atoms. The normalized spacial score (nSPS) is 11.9.